The van der Waals surface area contributed by atoms with Crippen molar-refractivity contribution in [2.45, 2.75) is 31.5 Å². The Morgan fingerprint density at radius 2 is 2.00 bits per heavy atom. The molecule has 1 aliphatic heterocycles. The molecule has 26 heavy (non-hydrogen) atoms. The van der Waals surface area contributed by atoms with Gasteiger partial charge in [-0.3, -0.25) is 4.79 Å². The van der Waals surface area contributed by atoms with Crippen LogP contribution in [-0.4, -0.2) is 23.9 Å². The fraction of sp³-hybridized carbons (Fsp3) is 0.333. The van der Waals surface area contributed by atoms with Crippen LogP contribution in [0.25, 0.3) is 4.85 Å². The number of hydrogen-bond acceptors (Lipinski definition) is 3. The minimum absolute atomic E-state index is 0.0806. The molecule has 0 saturated heterocycles. The average molecular weight is 363 g/mol. The van der Waals surface area contributed by atoms with E-state index in [1.54, 1.807) is 13.8 Å². The molecule has 1 aromatic carbocycles. The molecule has 0 saturated carbocycles. The molecule has 1 atom stereocenters. The lowest BCUT2D eigenvalue weighted by atomic mass is 9.71. The van der Waals surface area contributed by atoms with Crippen LogP contribution in [0.4, 0.5) is 30.2 Å². The van der Waals surface area contributed by atoms with E-state index in [2.05, 4.69) is 15.1 Å². The number of benzene rings is 1. The Labute approximate surface area is 147 Å². The van der Waals surface area contributed by atoms with Gasteiger partial charge in [0.25, 0.3) is 5.56 Å². The lowest BCUT2D eigenvalue weighted by Gasteiger charge is -2.42. The summed E-state index contributed by atoms with van der Waals surface area (Å²) in [5, 5.41) is 2.77. The van der Waals surface area contributed by atoms with Crippen LogP contribution in [0.1, 0.15) is 25.0 Å². The van der Waals surface area contributed by atoms with Crippen molar-refractivity contribution in [3.63, 3.8) is 0 Å². The molecule has 3 rings (SSSR count). The maximum Gasteiger partial charge on any atom is 0.404 e. The first-order chi connectivity index (χ1) is 12.2. The number of aromatic nitrogens is 1. The Bertz CT molecular complexity index is 944. The van der Waals surface area contributed by atoms with Gasteiger partial charge in [0.1, 0.15) is 11.1 Å². The van der Waals surface area contributed by atoms with E-state index in [9.17, 15) is 18.0 Å². The topological polar surface area (TPSA) is 58.5 Å². The van der Waals surface area contributed by atoms with E-state index in [-0.39, 0.29) is 28.2 Å². The van der Waals surface area contributed by atoms with Crippen LogP contribution in [0, 0.1) is 6.57 Å². The Hall–Kier alpha value is -2.79. The van der Waals surface area contributed by atoms with E-state index in [0.29, 0.717) is 0 Å². The van der Waals surface area contributed by atoms with Gasteiger partial charge in [-0.15, -0.1) is 0 Å². The van der Waals surface area contributed by atoms with Gasteiger partial charge >= 0.3 is 6.18 Å². The number of nitrogens with one attached hydrogen (secondary N) is 2. The number of pyridine rings is 1. The van der Waals surface area contributed by atoms with E-state index in [1.807, 2.05) is 0 Å². The maximum absolute atomic E-state index is 14.5. The number of nitrogens with zero attached hydrogens (tertiary/aromatic N) is 1. The van der Waals surface area contributed by atoms with Gasteiger partial charge in [-0.05, 0) is 37.6 Å². The number of H-pyrrole nitrogens is 1. The zero-order valence-corrected chi connectivity index (χ0v) is 14.1. The smallest absolute Gasteiger partial charge is 0.377 e. The first-order valence-corrected chi connectivity index (χ1v) is 7.90. The van der Waals surface area contributed by atoms with E-state index >= 15 is 0 Å². The third-order valence-corrected chi connectivity index (χ3v) is 4.39. The van der Waals surface area contributed by atoms with Crippen LogP contribution in [-0.2, 0) is 10.2 Å². The first-order valence-electron chi connectivity index (χ1n) is 7.90. The minimum atomic E-state index is -4.75. The van der Waals surface area contributed by atoms with Crippen molar-refractivity contribution in [1.82, 2.24) is 4.98 Å². The SMILES string of the molecule is [C-]#[N+]c1ccc2c(c1)C(COC(C)C)(C(F)(F)F)c1cc[nH]c(=O)c1N2. The van der Waals surface area contributed by atoms with Crippen LogP contribution in [0.15, 0.2) is 35.3 Å². The molecule has 1 aromatic heterocycles. The van der Waals surface area contributed by atoms with Gasteiger partial charge in [0.15, 0.2) is 5.69 Å². The van der Waals surface area contributed by atoms with Crippen LogP contribution in [0.3, 0.4) is 0 Å². The van der Waals surface area contributed by atoms with Crippen LogP contribution >= 0.6 is 0 Å². The van der Waals surface area contributed by atoms with Gasteiger partial charge in [-0.1, -0.05) is 6.07 Å². The highest BCUT2D eigenvalue weighted by atomic mass is 19.4. The summed E-state index contributed by atoms with van der Waals surface area (Å²) < 4.78 is 48.8. The molecule has 0 spiro atoms. The Kier molecular flexibility index (Phi) is 4.28. The van der Waals surface area contributed by atoms with Crippen molar-refractivity contribution in [2.24, 2.45) is 0 Å². The van der Waals surface area contributed by atoms with Gasteiger partial charge in [0.2, 0.25) is 0 Å². The fourth-order valence-electron chi connectivity index (χ4n) is 3.14. The predicted molar refractivity (Wildman–Crippen MR) is 91.0 cm³/mol. The van der Waals surface area contributed by atoms with E-state index in [0.717, 1.165) is 0 Å². The predicted octanol–water partition coefficient (Wildman–Crippen LogP) is 4.26. The van der Waals surface area contributed by atoms with Crippen molar-refractivity contribution in [3.8, 4) is 0 Å². The monoisotopic (exact) mass is 363 g/mol. The highest BCUT2D eigenvalue weighted by Crippen LogP contribution is 2.54. The van der Waals surface area contributed by atoms with Crippen LogP contribution in [0.5, 0.6) is 0 Å². The highest BCUT2D eigenvalue weighted by molar-refractivity contribution is 5.78. The number of fused-ring (bicyclic) bond motifs is 2. The summed E-state index contributed by atoms with van der Waals surface area (Å²) in [6, 6.07) is 5.23. The molecular weight excluding hydrogens is 347 g/mol. The molecule has 2 N–H and O–H groups in total. The molecule has 0 fully saturated rings. The summed E-state index contributed by atoms with van der Waals surface area (Å²) in [5.41, 5.74) is -3.51. The zero-order valence-electron chi connectivity index (χ0n) is 14.1. The summed E-state index contributed by atoms with van der Waals surface area (Å²) in [7, 11) is 0. The summed E-state index contributed by atoms with van der Waals surface area (Å²) in [5.74, 6) is 0. The molecule has 2 aromatic rings. The van der Waals surface area contributed by atoms with E-state index in [4.69, 9.17) is 11.3 Å². The Balaban J connectivity index is 2.39. The molecule has 0 amide bonds. The molecule has 0 bridgehead atoms. The Morgan fingerprint density at radius 3 is 2.62 bits per heavy atom. The van der Waals surface area contributed by atoms with E-state index in [1.165, 1.54) is 30.5 Å². The molecular formula is C18H16F3N3O2. The Morgan fingerprint density at radius 1 is 1.27 bits per heavy atom. The van der Waals surface area contributed by atoms with Crippen molar-refractivity contribution < 1.29 is 17.9 Å². The molecule has 1 unspecified atom stereocenters. The largest absolute Gasteiger partial charge is 0.404 e. The summed E-state index contributed by atoms with van der Waals surface area (Å²) in [4.78, 5) is 17.8. The van der Waals surface area contributed by atoms with Gasteiger partial charge < -0.3 is 15.0 Å². The fourth-order valence-corrected chi connectivity index (χ4v) is 3.14. The number of rotatable bonds is 3. The third-order valence-electron chi connectivity index (χ3n) is 4.39. The number of anilines is 2. The number of ether oxygens (including phenoxy) is 1. The normalized spacial score (nSPS) is 18.7. The summed E-state index contributed by atoms with van der Waals surface area (Å²) in [6.45, 7) is 9.72. The number of aromatic amines is 1. The van der Waals surface area contributed by atoms with Crippen molar-refractivity contribution >= 4 is 17.1 Å². The van der Waals surface area contributed by atoms with Gasteiger partial charge in [0.05, 0.1) is 19.3 Å². The lowest BCUT2D eigenvalue weighted by Crippen LogP contribution is -2.50. The number of alkyl halides is 3. The molecule has 0 radical (unpaired) electrons. The van der Waals surface area contributed by atoms with Gasteiger partial charge in [0, 0.05) is 17.4 Å². The van der Waals surface area contributed by atoms with Gasteiger partial charge in [-0.25, -0.2) is 4.85 Å². The standard InChI is InChI=1S/C18H16F3N3O2/c1-10(2)26-9-17(18(19,20)21)12-6-7-23-16(25)15(12)24-14-5-4-11(22-3)8-13(14)17/h4-8,10,24H,9H2,1-2H3,(H,23,25). The average Bonchev–Trinajstić information content (AvgIpc) is 2.57. The van der Waals surface area contributed by atoms with Crippen molar-refractivity contribution in [2.75, 3.05) is 11.9 Å². The number of halogens is 3. The molecule has 1 aliphatic rings. The molecule has 136 valence electrons. The minimum Gasteiger partial charge on any atom is -0.377 e. The summed E-state index contributed by atoms with van der Waals surface area (Å²) in [6.07, 6.45) is -4.01. The quantitative estimate of drug-likeness (QED) is 0.802. The third kappa shape index (κ3) is 2.65. The second kappa shape index (κ2) is 6.18. The second-order valence-corrected chi connectivity index (χ2v) is 6.33. The molecule has 8 heteroatoms. The molecule has 2 heterocycles. The van der Waals surface area contributed by atoms with Gasteiger partial charge in [-0.2, -0.15) is 13.2 Å². The van der Waals surface area contributed by atoms with Crippen molar-refractivity contribution in [3.05, 3.63) is 63.4 Å². The molecule has 5 nitrogen and oxygen atoms in total. The lowest BCUT2D eigenvalue weighted by molar-refractivity contribution is -0.195. The molecule has 0 aliphatic carbocycles. The summed E-state index contributed by atoms with van der Waals surface area (Å²) >= 11 is 0. The van der Waals surface area contributed by atoms with Crippen molar-refractivity contribution in [1.29, 1.82) is 0 Å². The second-order valence-electron chi connectivity index (χ2n) is 6.33. The van der Waals surface area contributed by atoms with Crippen LogP contribution < -0.4 is 10.9 Å². The van der Waals surface area contributed by atoms with E-state index < -0.39 is 29.9 Å². The highest BCUT2D eigenvalue weighted by Gasteiger charge is 2.61. The maximum atomic E-state index is 14.5. The number of hydrogen-bond donors (Lipinski definition) is 2. The first kappa shape index (κ1) is 18.0. The zero-order chi connectivity index (χ0) is 19.1. The van der Waals surface area contributed by atoms with Crippen LogP contribution in [0.2, 0.25) is 0 Å².